The number of aromatic nitrogens is 4. The van der Waals surface area contributed by atoms with Crippen molar-refractivity contribution in [2.75, 3.05) is 11.1 Å². The maximum absolute atomic E-state index is 11.7. The first kappa shape index (κ1) is 14.9. The molecule has 0 aliphatic heterocycles. The Hall–Kier alpha value is -1.54. The van der Waals surface area contributed by atoms with Crippen LogP contribution in [0.4, 0.5) is 5.13 Å². The second-order valence-electron chi connectivity index (χ2n) is 4.00. The fraction of sp³-hybridized carbons (Fsp3) is 0.417. The Labute approximate surface area is 125 Å². The van der Waals surface area contributed by atoms with Gasteiger partial charge in [0.25, 0.3) is 0 Å². The Kier molecular flexibility index (Phi) is 5.42. The molecule has 0 aromatic carbocycles. The minimum Gasteiger partial charge on any atom is -0.301 e. The van der Waals surface area contributed by atoms with E-state index in [-0.39, 0.29) is 5.91 Å². The zero-order valence-corrected chi connectivity index (χ0v) is 12.9. The van der Waals surface area contributed by atoms with Crippen LogP contribution in [0.25, 0.3) is 0 Å². The molecule has 0 unspecified atom stereocenters. The standard InChI is InChI=1S/C12H15N5OS2/c1-3-10-16-17-12(20-10)15-9(18)4-5-19-11-6-8(2)13-7-14-11/h6-7H,3-5H2,1-2H3,(H,15,17,18). The van der Waals surface area contributed by atoms with Crippen molar-refractivity contribution >= 4 is 34.1 Å². The van der Waals surface area contributed by atoms with Gasteiger partial charge in [-0.15, -0.1) is 22.0 Å². The summed E-state index contributed by atoms with van der Waals surface area (Å²) < 4.78 is 0. The predicted molar refractivity (Wildman–Crippen MR) is 80.0 cm³/mol. The number of carbonyl (C=O) groups is 1. The average Bonchev–Trinajstić information content (AvgIpc) is 2.86. The van der Waals surface area contributed by atoms with Crippen molar-refractivity contribution in [3.05, 3.63) is 23.1 Å². The lowest BCUT2D eigenvalue weighted by atomic mass is 10.4. The van der Waals surface area contributed by atoms with Crippen LogP contribution in [0.3, 0.4) is 0 Å². The fourth-order valence-electron chi connectivity index (χ4n) is 1.39. The average molecular weight is 309 g/mol. The van der Waals surface area contributed by atoms with Gasteiger partial charge in [-0.2, -0.15) is 0 Å². The number of rotatable bonds is 6. The summed E-state index contributed by atoms with van der Waals surface area (Å²) in [4.78, 5) is 19.9. The van der Waals surface area contributed by atoms with Crippen molar-refractivity contribution in [3.63, 3.8) is 0 Å². The summed E-state index contributed by atoms with van der Waals surface area (Å²) in [6, 6.07) is 1.90. The lowest BCUT2D eigenvalue weighted by molar-refractivity contribution is -0.115. The molecule has 2 aromatic rings. The highest BCUT2D eigenvalue weighted by Gasteiger charge is 2.07. The van der Waals surface area contributed by atoms with Gasteiger partial charge >= 0.3 is 0 Å². The first-order valence-electron chi connectivity index (χ1n) is 6.21. The van der Waals surface area contributed by atoms with E-state index in [9.17, 15) is 4.79 Å². The molecule has 20 heavy (non-hydrogen) atoms. The van der Waals surface area contributed by atoms with Gasteiger partial charge < -0.3 is 5.32 Å². The monoisotopic (exact) mass is 309 g/mol. The van der Waals surface area contributed by atoms with Crippen LogP contribution < -0.4 is 5.32 Å². The third-order valence-electron chi connectivity index (χ3n) is 2.37. The third-order valence-corrected chi connectivity index (χ3v) is 4.28. The summed E-state index contributed by atoms with van der Waals surface area (Å²) in [5.41, 5.74) is 0.924. The molecule has 0 bridgehead atoms. The summed E-state index contributed by atoms with van der Waals surface area (Å²) in [7, 11) is 0. The highest BCUT2D eigenvalue weighted by atomic mass is 32.2. The summed E-state index contributed by atoms with van der Waals surface area (Å²) >= 11 is 2.95. The first-order valence-corrected chi connectivity index (χ1v) is 8.01. The van der Waals surface area contributed by atoms with Gasteiger partial charge in [0.1, 0.15) is 11.3 Å². The molecule has 8 heteroatoms. The molecule has 1 N–H and O–H groups in total. The summed E-state index contributed by atoms with van der Waals surface area (Å²) in [6.45, 7) is 3.92. The minimum atomic E-state index is -0.0536. The van der Waals surface area contributed by atoms with Crippen LogP contribution in [-0.4, -0.2) is 31.8 Å². The molecule has 106 valence electrons. The number of thioether (sulfide) groups is 1. The number of hydrogen-bond acceptors (Lipinski definition) is 7. The van der Waals surface area contributed by atoms with Crippen LogP contribution in [0.15, 0.2) is 17.4 Å². The second kappa shape index (κ2) is 7.30. The van der Waals surface area contributed by atoms with Gasteiger partial charge in [0.2, 0.25) is 11.0 Å². The zero-order valence-electron chi connectivity index (χ0n) is 11.3. The number of anilines is 1. The summed E-state index contributed by atoms with van der Waals surface area (Å²) in [5.74, 6) is 0.615. The number of hydrogen-bond donors (Lipinski definition) is 1. The highest BCUT2D eigenvalue weighted by molar-refractivity contribution is 7.99. The predicted octanol–water partition coefficient (Wildman–Crippen LogP) is 2.32. The molecule has 0 spiro atoms. The maximum Gasteiger partial charge on any atom is 0.227 e. The Balaban J connectivity index is 1.75. The molecule has 0 atom stereocenters. The smallest absolute Gasteiger partial charge is 0.227 e. The Morgan fingerprint density at radius 1 is 1.40 bits per heavy atom. The van der Waals surface area contributed by atoms with E-state index in [0.717, 1.165) is 22.1 Å². The second-order valence-corrected chi connectivity index (χ2v) is 6.18. The molecule has 0 fully saturated rings. The number of nitrogens with zero attached hydrogens (tertiary/aromatic N) is 4. The number of amides is 1. The quantitative estimate of drug-likeness (QED) is 0.651. The van der Waals surface area contributed by atoms with Crippen LogP contribution in [0, 0.1) is 6.92 Å². The fourth-order valence-corrected chi connectivity index (χ4v) is 2.95. The van der Waals surface area contributed by atoms with E-state index in [4.69, 9.17) is 0 Å². The number of carbonyl (C=O) groups excluding carboxylic acids is 1. The van der Waals surface area contributed by atoms with Gasteiger partial charge in [0.15, 0.2) is 0 Å². The molecule has 2 heterocycles. The molecular formula is C12H15N5OS2. The normalized spacial score (nSPS) is 10.5. The van der Waals surface area contributed by atoms with Gasteiger partial charge in [-0.1, -0.05) is 18.3 Å². The minimum absolute atomic E-state index is 0.0536. The number of aryl methyl sites for hydroxylation is 2. The summed E-state index contributed by atoms with van der Waals surface area (Å²) in [5, 5.41) is 13.0. The van der Waals surface area contributed by atoms with Gasteiger partial charge in [-0.25, -0.2) is 9.97 Å². The maximum atomic E-state index is 11.7. The summed E-state index contributed by atoms with van der Waals surface area (Å²) in [6.07, 6.45) is 2.77. The largest absolute Gasteiger partial charge is 0.301 e. The Morgan fingerprint density at radius 3 is 2.95 bits per heavy atom. The molecule has 0 aliphatic carbocycles. The van der Waals surface area contributed by atoms with Crippen LogP contribution in [0.2, 0.25) is 0 Å². The van der Waals surface area contributed by atoms with Gasteiger partial charge in [-0.05, 0) is 19.4 Å². The lowest BCUT2D eigenvalue weighted by Gasteiger charge is -2.01. The number of nitrogens with one attached hydrogen (secondary N) is 1. The zero-order chi connectivity index (χ0) is 14.4. The van der Waals surface area contributed by atoms with Crippen LogP contribution in [-0.2, 0) is 11.2 Å². The van der Waals surface area contributed by atoms with E-state index in [0.29, 0.717) is 17.3 Å². The molecule has 1 amide bonds. The van der Waals surface area contributed by atoms with Crippen molar-refractivity contribution in [3.8, 4) is 0 Å². The molecule has 2 aromatic heterocycles. The van der Waals surface area contributed by atoms with Crippen LogP contribution in [0.5, 0.6) is 0 Å². The van der Waals surface area contributed by atoms with Crippen molar-refractivity contribution in [1.82, 2.24) is 20.2 Å². The van der Waals surface area contributed by atoms with E-state index in [1.165, 1.54) is 29.4 Å². The van der Waals surface area contributed by atoms with E-state index >= 15 is 0 Å². The Bertz CT molecular complexity index is 587. The molecule has 0 saturated heterocycles. The van der Waals surface area contributed by atoms with E-state index in [1.807, 2.05) is 19.9 Å². The van der Waals surface area contributed by atoms with Crippen molar-refractivity contribution < 1.29 is 4.79 Å². The van der Waals surface area contributed by atoms with Crippen LogP contribution >= 0.6 is 23.1 Å². The molecule has 2 rings (SSSR count). The first-order chi connectivity index (χ1) is 9.67. The highest BCUT2D eigenvalue weighted by Crippen LogP contribution is 2.18. The topological polar surface area (TPSA) is 80.7 Å². The molecule has 0 radical (unpaired) electrons. The van der Waals surface area contributed by atoms with E-state index in [2.05, 4.69) is 25.5 Å². The van der Waals surface area contributed by atoms with Crippen LogP contribution in [0.1, 0.15) is 24.0 Å². The SMILES string of the molecule is CCc1nnc(NC(=O)CCSc2cc(C)ncn2)s1. The van der Waals surface area contributed by atoms with E-state index in [1.54, 1.807) is 0 Å². The molecule has 0 saturated carbocycles. The van der Waals surface area contributed by atoms with Gasteiger partial charge in [0.05, 0.1) is 5.03 Å². The molecule has 6 nitrogen and oxygen atoms in total. The van der Waals surface area contributed by atoms with Crippen molar-refractivity contribution in [2.45, 2.75) is 31.7 Å². The lowest BCUT2D eigenvalue weighted by Crippen LogP contribution is -2.12. The molecule has 0 aliphatic rings. The third kappa shape index (κ3) is 4.53. The van der Waals surface area contributed by atoms with E-state index < -0.39 is 0 Å². The van der Waals surface area contributed by atoms with Crippen molar-refractivity contribution in [1.29, 1.82) is 0 Å². The van der Waals surface area contributed by atoms with Gasteiger partial charge in [-0.3, -0.25) is 4.79 Å². The van der Waals surface area contributed by atoms with Crippen molar-refractivity contribution in [2.24, 2.45) is 0 Å². The molecular weight excluding hydrogens is 294 g/mol. The van der Waals surface area contributed by atoms with Gasteiger partial charge in [0, 0.05) is 17.9 Å². The Morgan fingerprint density at radius 2 is 2.25 bits per heavy atom.